The Bertz CT molecular complexity index is 738. The minimum atomic E-state index is -0.312. The first-order valence-corrected chi connectivity index (χ1v) is 5.66. The zero-order valence-corrected chi connectivity index (χ0v) is 10.2. The fourth-order valence-electron chi connectivity index (χ4n) is 1.82. The van der Waals surface area contributed by atoms with Crippen molar-refractivity contribution in [1.82, 2.24) is 19.6 Å². The van der Waals surface area contributed by atoms with Gasteiger partial charge in [0.05, 0.1) is 0 Å². The lowest BCUT2D eigenvalue weighted by Gasteiger charge is -2.04. The van der Waals surface area contributed by atoms with Crippen LogP contribution < -0.4 is 0 Å². The Morgan fingerprint density at radius 1 is 1.28 bits per heavy atom. The summed E-state index contributed by atoms with van der Waals surface area (Å²) in [7, 11) is 0. The van der Waals surface area contributed by atoms with E-state index in [1.165, 1.54) is 12.1 Å². The van der Waals surface area contributed by atoms with Gasteiger partial charge in [-0.3, -0.25) is 4.40 Å². The van der Waals surface area contributed by atoms with Crippen LogP contribution in [-0.4, -0.2) is 19.6 Å². The van der Waals surface area contributed by atoms with Crippen LogP contribution in [0.3, 0.4) is 0 Å². The molecule has 0 fully saturated rings. The first kappa shape index (κ1) is 11.1. The van der Waals surface area contributed by atoms with E-state index >= 15 is 0 Å². The molecule has 18 heavy (non-hydrogen) atoms. The van der Waals surface area contributed by atoms with Crippen molar-refractivity contribution < 1.29 is 4.39 Å². The smallest absolute Gasteiger partial charge is 0.198 e. The van der Waals surface area contributed by atoms with Crippen LogP contribution in [0.2, 0.25) is 5.15 Å². The first-order valence-electron chi connectivity index (χ1n) is 5.28. The number of nitrogens with zero attached hydrogens (tertiary/aromatic N) is 4. The molecule has 0 aliphatic heterocycles. The molecule has 2 heterocycles. The van der Waals surface area contributed by atoms with Crippen LogP contribution in [0.5, 0.6) is 0 Å². The Hall–Kier alpha value is -2.01. The summed E-state index contributed by atoms with van der Waals surface area (Å²) < 4.78 is 15.0. The van der Waals surface area contributed by atoms with Crippen molar-refractivity contribution in [2.45, 2.75) is 6.92 Å². The number of fused-ring (bicyclic) bond motifs is 1. The summed E-state index contributed by atoms with van der Waals surface area (Å²) in [5, 5.41) is 8.28. The van der Waals surface area contributed by atoms with Crippen LogP contribution in [-0.2, 0) is 0 Å². The number of aromatic nitrogens is 4. The number of hydrogen-bond donors (Lipinski definition) is 0. The van der Waals surface area contributed by atoms with Crippen molar-refractivity contribution in [2.24, 2.45) is 0 Å². The van der Waals surface area contributed by atoms with Crippen LogP contribution in [0.25, 0.3) is 17.0 Å². The first-order chi connectivity index (χ1) is 8.66. The molecule has 0 spiro atoms. The third kappa shape index (κ3) is 1.64. The van der Waals surface area contributed by atoms with Crippen molar-refractivity contribution in [3.8, 4) is 11.4 Å². The molecule has 3 aromatic rings. The van der Waals surface area contributed by atoms with Gasteiger partial charge in [0, 0.05) is 18.0 Å². The summed E-state index contributed by atoms with van der Waals surface area (Å²) in [6, 6.07) is 4.55. The summed E-state index contributed by atoms with van der Waals surface area (Å²) in [5.41, 5.74) is 2.06. The second kappa shape index (κ2) is 4.03. The van der Waals surface area contributed by atoms with E-state index in [4.69, 9.17) is 11.6 Å². The standard InChI is InChI=1S/C12H8ClFN4/c1-7-2-3-8(14)6-9(7)11-16-17-12-10(13)15-4-5-18(11)12/h2-6H,1H3. The van der Waals surface area contributed by atoms with Gasteiger partial charge in [0.15, 0.2) is 16.6 Å². The van der Waals surface area contributed by atoms with E-state index in [2.05, 4.69) is 15.2 Å². The van der Waals surface area contributed by atoms with Gasteiger partial charge in [-0.25, -0.2) is 9.37 Å². The van der Waals surface area contributed by atoms with E-state index in [9.17, 15) is 4.39 Å². The predicted octanol–water partition coefficient (Wildman–Crippen LogP) is 2.89. The van der Waals surface area contributed by atoms with Gasteiger partial charge in [-0.1, -0.05) is 17.7 Å². The topological polar surface area (TPSA) is 43.1 Å². The molecule has 1 aromatic carbocycles. The van der Waals surface area contributed by atoms with Crippen LogP contribution in [0, 0.1) is 12.7 Å². The molecular weight excluding hydrogens is 255 g/mol. The molecule has 3 rings (SSSR count). The molecule has 6 heteroatoms. The molecule has 2 aromatic heterocycles. The van der Waals surface area contributed by atoms with Gasteiger partial charge in [0.2, 0.25) is 0 Å². The van der Waals surface area contributed by atoms with E-state index in [-0.39, 0.29) is 11.0 Å². The van der Waals surface area contributed by atoms with Gasteiger partial charge in [0.25, 0.3) is 0 Å². The Kier molecular flexibility index (Phi) is 2.48. The minimum absolute atomic E-state index is 0.269. The zero-order valence-electron chi connectivity index (χ0n) is 9.43. The molecule has 0 N–H and O–H groups in total. The molecule has 90 valence electrons. The van der Waals surface area contributed by atoms with Crippen molar-refractivity contribution in [3.05, 3.63) is 47.1 Å². The predicted molar refractivity (Wildman–Crippen MR) is 65.9 cm³/mol. The highest BCUT2D eigenvalue weighted by Gasteiger charge is 2.13. The lowest BCUT2D eigenvalue weighted by atomic mass is 10.1. The van der Waals surface area contributed by atoms with Gasteiger partial charge >= 0.3 is 0 Å². The highest BCUT2D eigenvalue weighted by Crippen LogP contribution is 2.24. The van der Waals surface area contributed by atoms with Gasteiger partial charge < -0.3 is 0 Å². The Morgan fingerprint density at radius 3 is 2.94 bits per heavy atom. The van der Waals surface area contributed by atoms with Crippen molar-refractivity contribution in [2.75, 3.05) is 0 Å². The fourth-order valence-corrected chi connectivity index (χ4v) is 2.00. The number of rotatable bonds is 1. The van der Waals surface area contributed by atoms with Gasteiger partial charge in [0.1, 0.15) is 5.82 Å². The van der Waals surface area contributed by atoms with Crippen LogP contribution in [0.4, 0.5) is 4.39 Å². The third-order valence-corrected chi connectivity index (χ3v) is 2.99. The molecule has 0 saturated carbocycles. The van der Waals surface area contributed by atoms with E-state index in [0.717, 1.165) is 5.56 Å². The fraction of sp³-hybridized carbons (Fsp3) is 0.0833. The quantitative estimate of drug-likeness (QED) is 0.677. The molecule has 0 aliphatic rings. The molecule has 0 atom stereocenters. The number of benzene rings is 1. The normalized spacial score (nSPS) is 11.1. The molecule has 4 nitrogen and oxygen atoms in total. The van der Waals surface area contributed by atoms with Crippen LogP contribution in [0.15, 0.2) is 30.6 Å². The number of aryl methyl sites for hydroxylation is 1. The van der Waals surface area contributed by atoms with E-state index < -0.39 is 0 Å². The highest BCUT2D eigenvalue weighted by molar-refractivity contribution is 6.32. The van der Waals surface area contributed by atoms with E-state index in [0.29, 0.717) is 17.0 Å². The summed E-state index contributed by atoms with van der Waals surface area (Å²) in [5.74, 6) is 0.235. The summed E-state index contributed by atoms with van der Waals surface area (Å²) in [4.78, 5) is 3.92. The SMILES string of the molecule is Cc1ccc(F)cc1-c1nnc2c(Cl)nccn12. The molecule has 0 amide bonds. The second-order valence-electron chi connectivity index (χ2n) is 3.89. The summed E-state index contributed by atoms with van der Waals surface area (Å²) >= 11 is 5.92. The maximum atomic E-state index is 13.3. The second-order valence-corrected chi connectivity index (χ2v) is 4.25. The average molecular weight is 263 g/mol. The van der Waals surface area contributed by atoms with Crippen molar-refractivity contribution in [3.63, 3.8) is 0 Å². The molecule has 0 aliphatic carbocycles. The molecule has 0 unspecified atom stereocenters. The van der Waals surface area contributed by atoms with E-state index in [1.54, 1.807) is 22.9 Å². The molecule has 0 radical (unpaired) electrons. The minimum Gasteiger partial charge on any atom is -0.278 e. The van der Waals surface area contributed by atoms with Crippen LogP contribution in [0.1, 0.15) is 5.56 Å². The molecular formula is C12H8ClFN4. The molecule has 0 saturated heterocycles. The Labute approximate surface area is 107 Å². The van der Waals surface area contributed by atoms with E-state index in [1.807, 2.05) is 6.92 Å². The van der Waals surface area contributed by atoms with Crippen molar-refractivity contribution >= 4 is 17.2 Å². The number of halogens is 2. The van der Waals surface area contributed by atoms with Gasteiger partial charge in [-0.2, -0.15) is 0 Å². The van der Waals surface area contributed by atoms with Gasteiger partial charge in [-0.05, 0) is 24.6 Å². The summed E-state index contributed by atoms with van der Waals surface area (Å²) in [6.07, 6.45) is 3.25. The van der Waals surface area contributed by atoms with Crippen molar-refractivity contribution in [1.29, 1.82) is 0 Å². The summed E-state index contributed by atoms with van der Waals surface area (Å²) in [6.45, 7) is 1.89. The van der Waals surface area contributed by atoms with Gasteiger partial charge in [-0.15, -0.1) is 10.2 Å². The maximum Gasteiger partial charge on any atom is 0.198 e. The Morgan fingerprint density at radius 2 is 2.11 bits per heavy atom. The largest absolute Gasteiger partial charge is 0.278 e. The third-order valence-electron chi connectivity index (χ3n) is 2.72. The molecule has 0 bridgehead atoms. The lowest BCUT2D eigenvalue weighted by molar-refractivity contribution is 0.627. The number of hydrogen-bond acceptors (Lipinski definition) is 3. The van der Waals surface area contributed by atoms with Crippen LogP contribution >= 0.6 is 11.6 Å². The average Bonchev–Trinajstić information content (AvgIpc) is 2.77. The maximum absolute atomic E-state index is 13.3. The monoisotopic (exact) mass is 262 g/mol. The Balaban J connectivity index is 2.32. The lowest BCUT2D eigenvalue weighted by Crippen LogP contribution is -1.93. The highest BCUT2D eigenvalue weighted by atomic mass is 35.5. The zero-order chi connectivity index (χ0) is 12.7.